The van der Waals surface area contributed by atoms with Crippen LogP contribution in [0.15, 0.2) is 4.99 Å². The Hall–Kier alpha value is -0.610. The Kier molecular flexibility index (Phi) is 5.76. The van der Waals surface area contributed by atoms with Gasteiger partial charge in [0.1, 0.15) is 6.61 Å². The fourth-order valence-corrected chi connectivity index (χ4v) is 9.52. The first-order valence-electron chi connectivity index (χ1n) is 13.6. The summed E-state index contributed by atoms with van der Waals surface area (Å²) in [6, 6.07) is 0. The zero-order valence-corrected chi connectivity index (χ0v) is 21.1. The maximum absolute atomic E-state index is 11.4. The lowest BCUT2D eigenvalue weighted by molar-refractivity contribution is -0.174. The Bertz CT molecular complexity index is 749. The Morgan fingerprint density at radius 3 is 2.41 bits per heavy atom. The van der Waals surface area contributed by atoms with Crippen molar-refractivity contribution in [1.82, 2.24) is 0 Å². The molecule has 1 aliphatic heterocycles. The Morgan fingerprint density at radius 2 is 1.69 bits per heavy atom. The van der Waals surface area contributed by atoms with Gasteiger partial charge in [0.15, 0.2) is 5.90 Å². The van der Waals surface area contributed by atoms with Crippen molar-refractivity contribution in [3.8, 4) is 0 Å². The minimum atomic E-state index is -0.175. The summed E-state index contributed by atoms with van der Waals surface area (Å²) in [5.74, 6) is 4.64. The van der Waals surface area contributed by atoms with E-state index >= 15 is 0 Å². The van der Waals surface area contributed by atoms with Crippen LogP contribution in [0.2, 0.25) is 0 Å². The zero-order chi connectivity index (χ0) is 22.9. The van der Waals surface area contributed by atoms with Crippen LogP contribution in [-0.4, -0.2) is 40.5 Å². The molecule has 0 bridgehead atoms. The highest BCUT2D eigenvalue weighted by molar-refractivity contribution is 5.78. The van der Waals surface area contributed by atoms with Gasteiger partial charge in [0.05, 0.1) is 17.7 Å². The average molecular weight is 446 g/mol. The third-order valence-electron chi connectivity index (χ3n) is 11.2. The molecule has 4 fully saturated rings. The summed E-state index contributed by atoms with van der Waals surface area (Å²) in [5.41, 5.74) is 0.622. The van der Waals surface area contributed by atoms with Crippen LogP contribution in [-0.2, 0) is 4.74 Å². The van der Waals surface area contributed by atoms with E-state index in [1.165, 1.54) is 25.7 Å². The van der Waals surface area contributed by atoms with Crippen LogP contribution in [0, 0.1) is 46.3 Å². The minimum absolute atomic E-state index is 0.0539. The number of aliphatic hydroxyl groups is 2. The smallest absolute Gasteiger partial charge is 0.183 e. The van der Waals surface area contributed by atoms with Gasteiger partial charge in [-0.05, 0) is 118 Å². The normalized spacial score (nSPS) is 50.6. The molecule has 0 aromatic rings. The van der Waals surface area contributed by atoms with E-state index < -0.39 is 0 Å². The fourth-order valence-electron chi connectivity index (χ4n) is 9.52. The zero-order valence-electron chi connectivity index (χ0n) is 21.1. The van der Waals surface area contributed by atoms with Crippen LogP contribution in [0.4, 0.5) is 0 Å². The predicted octanol–water partition coefficient (Wildman–Crippen LogP) is 5.60. The van der Waals surface area contributed by atoms with Crippen molar-refractivity contribution in [2.75, 3.05) is 6.61 Å². The molecule has 0 amide bonds. The lowest BCUT2D eigenvalue weighted by Gasteiger charge is -2.62. The van der Waals surface area contributed by atoms with E-state index in [2.05, 4.69) is 34.6 Å². The van der Waals surface area contributed by atoms with Crippen LogP contribution < -0.4 is 0 Å². The van der Waals surface area contributed by atoms with Crippen molar-refractivity contribution in [1.29, 1.82) is 0 Å². The van der Waals surface area contributed by atoms with Crippen molar-refractivity contribution >= 4 is 5.90 Å². The molecule has 4 saturated carbocycles. The number of nitrogens with zero attached hydrogens (tertiary/aromatic N) is 1. The molecule has 0 saturated heterocycles. The summed E-state index contributed by atoms with van der Waals surface area (Å²) in [7, 11) is 0. The molecular formula is C28H47NO3. The molecule has 2 N–H and O–H groups in total. The van der Waals surface area contributed by atoms with Gasteiger partial charge in [0, 0.05) is 6.42 Å². The van der Waals surface area contributed by atoms with Crippen LogP contribution in [0.25, 0.3) is 0 Å². The number of hydrogen-bond donors (Lipinski definition) is 2. The maximum Gasteiger partial charge on any atom is 0.183 e. The summed E-state index contributed by atoms with van der Waals surface area (Å²) in [6.45, 7) is 12.6. The monoisotopic (exact) mass is 445 g/mol. The Morgan fingerprint density at radius 1 is 0.969 bits per heavy atom. The van der Waals surface area contributed by atoms with Gasteiger partial charge in [-0.2, -0.15) is 0 Å². The minimum Gasteiger partial charge on any atom is -0.478 e. The van der Waals surface area contributed by atoms with E-state index in [-0.39, 0.29) is 17.7 Å². The maximum atomic E-state index is 11.4. The Labute approximate surface area is 195 Å². The van der Waals surface area contributed by atoms with Gasteiger partial charge in [-0.15, -0.1) is 0 Å². The number of aliphatic imine (C=N–C) groups is 1. The predicted molar refractivity (Wildman–Crippen MR) is 128 cm³/mol. The number of rotatable bonds is 4. The third kappa shape index (κ3) is 3.67. The largest absolute Gasteiger partial charge is 0.478 e. The molecule has 0 radical (unpaired) electrons. The van der Waals surface area contributed by atoms with E-state index in [1.807, 2.05) is 0 Å². The van der Waals surface area contributed by atoms with Crippen molar-refractivity contribution in [3.05, 3.63) is 0 Å². The summed E-state index contributed by atoms with van der Waals surface area (Å²) < 4.78 is 5.87. The molecule has 0 aromatic carbocycles. The van der Waals surface area contributed by atoms with Gasteiger partial charge in [-0.1, -0.05) is 20.8 Å². The lowest BCUT2D eigenvalue weighted by atomic mass is 9.43. The molecule has 4 nitrogen and oxygen atoms in total. The van der Waals surface area contributed by atoms with Gasteiger partial charge in [0.2, 0.25) is 0 Å². The molecule has 0 aromatic heterocycles. The van der Waals surface area contributed by atoms with Crippen molar-refractivity contribution in [2.45, 2.75) is 117 Å². The first kappa shape index (κ1) is 23.1. The van der Waals surface area contributed by atoms with Crippen LogP contribution in [0.3, 0.4) is 0 Å². The highest BCUT2D eigenvalue weighted by Gasteiger charge is 2.62. The molecule has 4 heteroatoms. The van der Waals surface area contributed by atoms with Gasteiger partial charge in [-0.3, -0.25) is 0 Å². The molecule has 0 spiro atoms. The van der Waals surface area contributed by atoms with E-state index in [0.29, 0.717) is 40.4 Å². The second kappa shape index (κ2) is 7.97. The van der Waals surface area contributed by atoms with Gasteiger partial charge >= 0.3 is 0 Å². The summed E-state index contributed by atoms with van der Waals surface area (Å²) >= 11 is 0. The summed E-state index contributed by atoms with van der Waals surface area (Å²) in [5, 5.41) is 21.7. The molecule has 6 unspecified atom stereocenters. The lowest BCUT2D eigenvalue weighted by Crippen LogP contribution is -2.58. The number of ether oxygens (including phenoxy) is 1. The Balaban J connectivity index is 1.30. The van der Waals surface area contributed by atoms with Crippen LogP contribution >= 0.6 is 0 Å². The highest BCUT2D eigenvalue weighted by Crippen LogP contribution is 2.68. The number of aliphatic hydroxyl groups excluding tert-OH is 2. The second-order valence-corrected chi connectivity index (χ2v) is 13.6. The topological polar surface area (TPSA) is 62.0 Å². The third-order valence-corrected chi connectivity index (χ3v) is 11.2. The van der Waals surface area contributed by atoms with Crippen LogP contribution in [0.5, 0.6) is 0 Å². The number of fused-ring (bicyclic) bond motifs is 5. The summed E-state index contributed by atoms with van der Waals surface area (Å²) in [4.78, 5) is 4.78. The van der Waals surface area contributed by atoms with Gasteiger partial charge < -0.3 is 14.9 Å². The molecule has 4 aliphatic carbocycles. The van der Waals surface area contributed by atoms with Crippen molar-refractivity contribution in [2.24, 2.45) is 51.3 Å². The molecule has 10 atom stereocenters. The van der Waals surface area contributed by atoms with Crippen molar-refractivity contribution < 1.29 is 14.9 Å². The fraction of sp³-hybridized carbons (Fsp3) is 0.964. The molecule has 5 aliphatic rings. The first-order valence-corrected chi connectivity index (χ1v) is 13.6. The molecule has 182 valence electrons. The van der Waals surface area contributed by atoms with E-state index in [4.69, 9.17) is 9.73 Å². The molecular weight excluding hydrogens is 398 g/mol. The average Bonchev–Trinajstić information content (AvgIpc) is 3.26. The molecule has 5 rings (SSSR count). The van der Waals surface area contributed by atoms with Gasteiger partial charge in [0.25, 0.3) is 0 Å². The molecule has 32 heavy (non-hydrogen) atoms. The molecule has 1 heterocycles. The SMILES string of the molecule is CC(CCC1=NC(C)(C)CO1)[C@H]1CCC2C3C(O)CC4C[C@H](O)CC[C@]4(C)C3CC[C@@]21C. The summed E-state index contributed by atoms with van der Waals surface area (Å²) in [6.07, 6.45) is 10.9. The van der Waals surface area contributed by atoms with Gasteiger partial charge in [-0.25, -0.2) is 4.99 Å². The van der Waals surface area contributed by atoms with E-state index in [1.54, 1.807) is 0 Å². The first-order chi connectivity index (χ1) is 15.0. The number of hydrogen-bond acceptors (Lipinski definition) is 4. The van der Waals surface area contributed by atoms with Crippen molar-refractivity contribution in [3.63, 3.8) is 0 Å². The second-order valence-electron chi connectivity index (χ2n) is 13.6. The van der Waals surface area contributed by atoms with Crippen LogP contribution in [0.1, 0.15) is 98.8 Å². The van der Waals surface area contributed by atoms with E-state index in [9.17, 15) is 10.2 Å². The van der Waals surface area contributed by atoms with E-state index in [0.717, 1.165) is 56.9 Å². The quantitative estimate of drug-likeness (QED) is 0.592. The highest BCUT2D eigenvalue weighted by atomic mass is 16.5. The standard InChI is InChI=1S/C28H47NO3/c1-17(6-9-24-29-26(2,3)16-32-24)20-7-8-21-25-22(11-13-28(20,21)5)27(4)12-10-19(30)14-18(27)15-23(25)31/h17-23,25,30-31H,6-16H2,1-5H3/t17?,18?,19-,20-,21?,22?,23?,25?,27+,28-/m1/s1.